The van der Waals surface area contributed by atoms with Crippen molar-refractivity contribution in [1.29, 1.82) is 0 Å². The molecule has 0 radical (unpaired) electrons. The summed E-state index contributed by atoms with van der Waals surface area (Å²) >= 11 is 3.13. The van der Waals surface area contributed by atoms with Gasteiger partial charge in [-0.2, -0.15) is 11.3 Å². The number of fused-ring (bicyclic) bond motifs is 1. The van der Waals surface area contributed by atoms with Crippen LogP contribution in [0.3, 0.4) is 0 Å². The average molecular weight is 319 g/mol. The third-order valence-electron chi connectivity index (χ3n) is 3.12. The van der Waals surface area contributed by atoms with Gasteiger partial charge in [0.25, 0.3) is 5.69 Å². The van der Waals surface area contributed by atoms with Crippen LogP contribution in [-0.4, -0.2) is 16.5 Å². The third-order valence-corrected chi connectivity index (χ3v) is 4.78. The fourth-order valence-electron chi connectivity index (χ4n) is 2.15. The minimum atomic E-state index is -0.346. The van der Waals surface area contributed by atoms with Crippen LogP contribution in [0.25, 0.3) is 10.2 Å². The molecule has 0 unspecified atom stereocenters. The molecule has 0 fully saturated rings. The number of rotatable bonds is 5. The minimum absolute atomic E-state index is 0.108. The lowest BCUT2D eigenvalue weighted by molar-refractivity contribution is -0.383. The molecular weight excluding hydrogens is 306 g/mol. The van der Waals surface area contributed by atoms with Crippen LogP contribution in [0.5, 0.6) is 0 Å². The van der Waals surface area contributed by atoms with Crippen molar-refractivity contribution >= 4 is 44.3 Å². The summed E-state index contributed by atoms with van der Waals surface area (Å²) in [7, 11) is 0. The summed E-state index contributed by atoms with van der Waals surface area (Å²) in [6.45, 7) is 2.56. The molecule has 2 heterocycles. The van der Waals surface area contributed by atoms with Gasteiger partial charge in [0.15, 0.2) is 0 Å². The quantitative estimate of drug-likeness (QED) is 0.564. The van der Waals surface area contributed by atoms with Gasteiger partial charge < -0.3 is 5.32 Å². The Kier molecular flexibility index (Phi) is 3.85. The normalized spacial score (nSPS) is 10.9. The molecule has 3 rings (SSSR count). The molecule has 0 spiro atoms. The topological polar surface area (TPSA) is 68.1 Å². The second kappa shape index (κ2) is 5.79. The smallest absolute Gasteiger partial charge is 0.293 e. The van der Waals surface area contributed by atoms with Crippen LogP contribution >= 0.6 is 22.7 Å². The van der Waals surface area contributed by atoms with Crippen molar-refractivity contribution < 1.29 is 4.92 Å². The number of benzene rings is 1. The summed E-state index contributed by atoms with van der Waals surface area (Å²) in [6.07, 6.45) is 0.842. The molecule has 21 heavy (non-hydrogen) atoms. The highest BCUT2D eigenvalue weighted by atomic mass is 32.1. The molecule has 1 N–H and O–H groups in total. The van der Waals surface area contributed by atoms with Crippen LogP contribution in [0.4, 0.5) is 11.4 Å². The van der Waals surface area contributed by atoms with E-state index in [1.165, 1.54) is 16.9 Å². The first kappa shape index (κ1) is 14.0. The summed E-state index contributed by atoms with van der Waals surface area (Å²) in [5, 5.41) is 19.4. The summed E-state index contributed by atoms with van der Waals surface area (Å²) in [5.74, 6) is 0. The number of thiophene rings is 1. The van der Waals surface area contributed by atoms with Crippen molar-refractivity contribution in [1.82, 2.24) is 4.98 Å². The van der Waals surface area contributed by atoms with Crippen LogP contribution in [0.2, 0.25) is 0 Å². The zero-order valence-corrected chi connectivity index (χ0v) is 13.0. The Bertz CT molecular complexity index is 781. The monoisotopic (exact) mass is 319 g/mol. The highest BCUT2D eigenvalue weighted by Crippen LogP contribution is 2.32. The Labute approximate surface area is 129 Å². The molecule has 0 bridgehead atoms. The molecule has 2 aromatic heterocycles. The Morgan fingerprint density at radius 2 is 2.29 bits per heavy atom. The minimum Gasteiger partial charge on any atom is -0.379 e. The van der Waals surface area contributed by atoms with Crippen molar-refractivity contribution in [3.05, 3.63) is 49.6 Å². The van der Waals surface area contributed by atoms with Crippen molar-refractivity contribution in [3.8, 4) is 0 Å². The number of nitro benzene ring substituents is 1. The summed E-state index contributed by atoms with van der Waals surface area (Å²) in [6, 6.07) is 5.44. The molecule has 1 aromatic carbocycles. The number of aryl methyl sites for hydroxylation is 1. The standard InChI is InChI=1S/C14H13N3O2S2/c1-9-16-12-6-11(13(17(18)19)7-14(12)21-9)15-4-2-10-3-5-20-8-10/h3,5-8,15H,2,4H2,1H3. The summed E-state index contributed by atoms with van der Waals surface area (Å²) in [4.78, 5) is 15.3. The highest BCUT2D eigenvalue weighted by molar-refractivity contribution is 7.18. The van der Waals surface area contributed by atoms with Crippen LogP contribution in [-0.2, 0) is 6.42 Å². The van der Waals surface area contributed by atoms with Crippen LogP contribution in [0, 0.1) is 17.0 Å². The maximum Gasteiger partial charge on any atom is 0.293 e. The molecule has 0 amide bonds. The first-order valence-electron chi connectivity index (χ1n) is 6.44. The molecule has 0 saturated carbocycles. The number of nitro groups is 1. The van der Waals surface area contributed by atoms with E-state index in [1.54, 1.807) is 23.5 Å². The Morgan fingerprint density at radius 3 is 3.00 bits per heavy atom. The lowest BCUT2D eigenvalue weighted by Gasteiger charge is -2.06. The lowest BCUT2D eigenvalue weighted by Crippen LogP contribution is -2.06. The van der Waals surface area contributed by atoms with Crippen LogP contribution in [0.1, 0.15) is 10.6 Å². The average Bonchev–Trinajstić information content (AvgIpc) is 3.05. The van der Waals surface area contributed by atoms with Gasteiger partial charge in [0, 0.05) is 12.6 Å². The SMILES string of the molecule is Cc1nc2cc(NCCc3ccsc3)c([N+](=O)[O-])cc2s1. The predicted octanol–water partition coefficient (Wildman–Crippen LogP) is 4.23. The van der Waals surface area contributed by atoms with E-state index in [0.29, 0.717) is 12.2 Å². The molecule has 0 saturated heterocycles. The molecule has 0 atom stereocenters. The number of aromatic nitrogens is 1. The van der Waals surface area contributed by atoms with E-state index < -0.39 is 0 Å². The van der Waals surface area contributed by atoms with E-state index in [2.05, 4.69) is 21.7 Å². The van der Waals surface area contributed by atoms with Crippen molar-refractivity contribution in [2.45, 2.75) is 13.3 Å². The Balaban J connectivity index is 1.84. The predicted molar refractivity (Wildman–Crippen MR) is 87.5 cm³/mol. The van der Waals surface area contributed by atoms with Gasteiger partial charge in [0.1, 0.15) is 5.69 Å². The molecule has 0 aliphatic rings. The zero-order chi connectivity index (χ0) is 14.8. The van der Waals surface area contributed by atoms with Gasteiger partial charge in [-0.25, -0.2) is 4.98 Å². The molecule has 108 valence electrons. The van der Waals surface area contributed by atoms with Gasteiger partial charge in [0.05, 0.1) is 20.1 Å². The fourth-order valence-corrected chi connectivity index (χ4v) is 3.69. The second-order valence-electron chi connectivity index (χ2n) is 4.64. The summed E-state index contributed by atoms with van der Waals surface area (Å²) in [5.41, 5.74) is 2.69. The molecule has 0 aliphatic carbocycles. The maximum atomic E-state index is 11.2. The van der Waals surface area contributed by atoms with E-state index in [0.717, 1.165) is 21.6 Å². The van der Waals surface area contributed by atoms with E-state index in [9.17, 15) is 10.1 Å². The number of anilines is 1. The zero-order valence-electron chi connectivity index (χ0n) is 11.3. The molecule has 5 nitrogen and oxygen atoms in total. The van der Waals surface area contributed by atoms with Crippen molar-refractivity contribution in [2.75, 3.05) is 11.9 Å². The number of nitrogens with zero attached hydrogens (tertiary/aromatic N) is 2. The van der Waals surface area contributed by atoms with Gasteiger partial charge in [-0.05, 0) is 41.8 Å². The van der Waals surface area contributed by atoms with Gasteiger partial charge in [0.2, 0.25) is 0 Å². The molecule has 7 heteroatoms. The first-order chi connectivity index (χ1) is 10.1. The third kappa shape index (κ3) is 3.03. The Morgan fingerprint density at radius 1 is 1.43 bits per heavy atom. The molecule has 3 aromatic rings. The van der Waals surface area contributed by atoms with Gasteiger partial charge in [-0.1, -0.05) is 0 Å². The molecular formula is C14H13N3O2S2. The fraction of sp³-hybridized carbons (Fsp3) is 0.214. The van der Waals surface area contributed by atoms with Crippen molar-refractivity contribution in [2.24, 2.45) is 0 Å². The van der Waals surface area contributed by atoms with E-state index in [1.807, 2.05) is 12.3 Å². The van der Waals surface area contributed by atoms with E-state index in [4.69, 9.17) is 0 Å². The molecule has 0 aliphatic heterocycles. The number of nitrogens with one attached hydrogen (secondary N) is 1. The summed E-state index contributed by atoms with van der Waals surface area (Å²) < 4.78 is 0.850. The second-order valence-corrected chi connectivity index (χ2v) is 6.65. The number of hydrogen-bond acceptors (Lipinski definition) is 6. The highest BCUT2D eigenvalue weighted by Gasteiger charge is 2.16. The van der Waals surface area contributed by atoms with Crippen LogP contribution < -0.4 is 5.32 Å². The first-order valence-corrected chi connectivity index (χ1v) is 8.20. The van der Waals surface area contributed by atoms with E-state index >= 15 is 0 Å². The lowest BCUT2D eigenvalue weighted by atomic mass is 10.2. The van der Waals surface area contributed by atoms with Crippen LogP contribution in [0.15, 0.2) is 29.0 Å². The van der Waals surface area contributed by atoms with Gasteiger partial charge in [-0.3, -0.25) is 10.1 Å². The Hall–Kier alpha value is -1.99. The number of hydrogen-bond donors (Lipinski definition) is 1. The van der Waals surface area contributed by atoms with Gasteiger partial charge >= 0.3 is 0 Å². The van der Waals surface area contributed by atoms with Gasteiger partial charge in [-0.15, -0.1) is 11.3 Å². The van der Waals surface area contributed by atoms with E-state index in [-0.39, 0.29) is 10.6 Å². The largest absolute Gasteiger partial charge is 0.379 e. The van der Waals surface area contributed by atoms with Crippen molar-refractivity contribution in [3.63, 3.8) is 0 Å². The maximum absolute atomic E-state index is 11.2. The number of thiazole rings is 1.